The molecule has 0 aliphatic carbocycles. The monoisotopic (exact) mass is 381 g/mol. The van der Waals surface area contributed by atoms with Crippen LogP contribution in [0.1, 0.15) is 12.5 Å². The lowest BCUT2D eigenvalue weighted by molar-refractivity contribution is -0.120. The third-order valence-electron chi connectivity index (χ3n) is 2.93. The number of methoxy groups -OCH3 is 1. The molecule has 0 bridgehead atoms. The van der Waals surface area contributed by atoms with Gasteiger partial charge < -0.3 is 10.1 Å². The van der Waals surface area contributed by atoms with E-state index < -0.39 is 9.70 Å². The second-order valence-corrected chi connectivity index (χ2v) is 7.96. The van der Waals surface area contributed by atoms with Gasteiger partial charge in [-0.05, 0) is 30.2 Å². The molecule has 0 heterocycles. The summed E-state index contributed by atoms with van der Waals surface area (Å²) in [7, 11) is 1.64. The third kappa shape index (κ3) is 6.69. The Labute approximate surface area is 150 Å². The number of halogens is 3. The normalized spacial score (nSPS) is 12.6. The average molecular weight is 383 g/mol. The van der Waals surface area contributed by atoms with Crippen LogP contribution in [0.5, 0.6) is 5.75 Å². The summed E-state index contributed by atoms with van der Waals surface area (Å²) in [4.78, 5) is 11.6. The van der Waals surface area contributed by atoms with Crippen molar-refractivity contribution in [2.75, 3.05) is 12.9 Å². The minimum atomic E-state index is -1.95. The summed E-state index contributed by atoms with van der Waals surface area (Å²) < 4.78 is 3.16. The number of benzene rings is 1. The number of hydrogen-bond acceptors (Lipinski definition) is 3. The third-order valence-corrected chi connectivity index (χ3v) is 4.56. The highest BCUT2D eigenvalue weighted by molar-refractivity contribution is 7.98. The van der Waals surface area contributed by atoms with E-state index in [1.807, 2.05) is 31.2 Å². The molecule has 1 unspecified atom stereocenters. The zero-order chi connectivity index (χ0) is 16.8. The minimum absolute atomic E-state index is 0.258. The van der Waals surface area contributed by atoms with Crippen LogP contribution in [-0.4, -0.2) is 28.6 Å². The fourth-order valence-corrected chi connectivity index (χ4v) is 2.73. The lowest BCUT2D eigenvalue weighted by atomic mass is 10.2. The number of hydrogen-bond donors (Lipinski definition) is 1. The van der Waals surface area contributed by atoms with Crippen molar-refractivity contribution >= 4 is 52.5 Å². The molecule has 0 aliphatic rings. The molecule has 1 aromatic rings. The van der Waals surface area contributed by atoms with Crippen LogP contribution in [-0.2, 0) is 10.5 Å². The Morgan fingerprint density at radius 3 is 2.45 bits per heavy atom. The van der Waals surface area contributed by atoms with Crippen molar-refractivity contribution in [2.24, 2.45) is 0 Å². The van der Waals surface area contributed by atoms with Crippen molar-refractivity contribution in [1.29, 1.82) is 0 Å². The Balaban J connectivity index is 2.37. The Bertz CT molecular complexity index is 515. The van der Waals surface area contributed by atoms with E-state index >= 15 is 0 Å². The van der Waals surface area contributed by atoms with Gasteiger partial charge >= 0.3 is 0 Å². The highest BCUT2D eigenvalue weighted by Gasteiger charge is 2.31. The predicted molar refractivity (Wildman–Crippen MR) is 96.2 cm³/mol. The van der Waals surface area contributed by atoms with Crippen LogP contribution in [0.2, 0.25) is 0 Å². The van der Waals surface area contributed by atoms with Gasteiger partial charge in [-0.3, -0.25) is 4.79 Å². The van der Waals surface area contributed by atoms with Gasteiger partial charge in [0.25, 0.3) is 9.70 Å². The van der Waals surface area contributed by atoms with Crippen LogP contribution < -0.4 is 10.1 Å². The summed E-state index contributed by atoms with van der Waals surface area (Å²) in [6, 6.07) is 7.63. The summed E-state index contributed by atoms with van der Waals surface area (Å²) >= 11 is 18.2. The zero-order valence-electron chi connectivity index (χ0n) is 12.4. The van der Waals surface area contributed by atoms with Crippen molar-refractivity contribution in [1.82, 2.24) is 5.32 Å². The number of nitrogens with one attached hydrogen (secondary N) is 1. The predicted octanol–water partition coefficient (Wildman–Crippen LogP) is 4.36. The first-order chi connectivity index (χ1) is 10.2. The minimum Gasteiger partial charge on any atom is -0.497 e. The van der Waals surface area contributed by atoms with Crippen molar-refractivity contribution in [3.63, 3.8) is 0 Å². The standard InChI is InChI=1S/C15H18Cl3NO2S/c1-10(11(2)19-14(20)15(16,17)18)8-22-9-12-4-6-13(21-3)7-5-12/h4-7,11H,1,8-9H2,2-3H3,(H,19,20). The Hall–Kier alpha value is -0.550. The molecule has 1 amide bonds. The number of carbonyl (C=O) groups is 1. The fourth-order valence-electron chi connectivity index (χ4n) is 1.53. The molecule has 1 N–H and O–H groups in total. The summed E-state index contributed by atoms with van der Waals surface area (Å²) in [5, 5.41) is 2.62. The molecule has 1 rings (SSSR count). The number of alkyl halides is 3. The van der Waals surface area contributed by atoms with Gasteiger partial charge in [0.05, 0.1) is 7.11 Å². The molecule has 1 atom stereocenters. The van der Waals surface area contributed by atoms with Gasteiger partial charge in [0.1, 0.15) is 5.75 Å². The summed E-state index contributed by atoms with van der Waals surface area (Å²) in [6.07, 6.45) is 0. The molecule has 0 radical (unpaired) electrons. The highest BCUT2D eigenvalue weighted by Crippen LogP contribution is 2.26. The van der Waals surface area contributed by atoms with Crippen molar-refractivity contribution < 1.29 is 9.53 Å². The van der Waals surface area contributed by atoms with E-state index in [1.165, 1.54) is 5.56 Å². The van der Waals surface area contributed by atoms with E-state index in [0.29, 0.717) is 5.75 Å². The topological polar surface area (TPSA) is 38.3 Å². The number of amides is 1. The largest absolute Gasteiger partial charge is 0.497 e. The van der Waals surface area contributed by atoms with Gasteiger partial charge in [0, 0.05) is 17.5 Å². The maximum absolute atomic E-state index is 11.6. The maximum Gasteiger partial charge on any atom is 0.272 e. The van der Waals surface area contributed by atoms with Crippen LogP contribution in [0.4, 0.5) is 0 Å². The summed E-state index contributed by atoms with van der Waals surface area (Å²) in [5.41, 5.74) is 2.05. The molecule has 0 fully saturated rings. The van der Waals surface area contributed by atoms with Crippen LogP contribution >= 0.6 is 46.6 Å². The smallest absolute Gasteiger partial charge is 0.272 e. The van der Waals surface area contributed by atoms with Crippen molar-refractivity contribution in [2.45, 2.75) is 22.5 Å². The first-order valence-corrected chi connectivity index (χ1v) is 8.79. The number of ether oxygens (including phenoxy) is 1. The summed E-state index contributed by atoms with van der Waals surface area (Å²) in [5.74, 6) is 1.73. The van der Waals surface area contributed by atoms with Gasteiger partial charge in [-0.25, -0.2) is 0 Å². The van der Waals surface area contributed by atoms with Crippen LogP contribution in [0, 0.1) is 0 Å². The van der Waals surface area contributed by atoms with Gasteiger partial charge in [-0.15, -0.1) is 0 Å². The molecular formula is C15H18Cl3NO2S. The zero-order valence-corrected chi connectivity index (χ0v) is 15.5. The lowest BCUT2D eigenvalue weighted by Gasteiger charge is -2.19. The van der Waals surface area contributed by atoms with E-state index in [-0.39, 0.29) is 6.04 Å². The molecule has 0 saturated carbocycles. The molecule has 0 aromatic heterocycles. The molecule has 1 aromatic carbocycles. The molecule has 0 aliphatic heterocycles. The SMILES string of the molecule is C=C(CSCc1ccc(OC)cc1)C(C)NC(=O)C(Cl)(Cl)Cl. The fraction of sp³-hybridized carbons (Fsp3) is 0.400. The van der Waals surface area contributed by atoms with E-state index in [4.69, 9.17) is 39.5 Å². The van der Waals surface area contributed by atoms with Crippen molar-refractivity contribution in [3.8, 4) is 5.75 Å². The quantitative estimate of drug-likeness (QED) is 0.562. The second-order valence-electron chi connectivity index (χ2n) is 4.69. The van der Waals surface area contributed by atoms with Gasteiger partial charge in [-0.1, -0.05) is 53.5 Å². The molecule has 0 spiro atoms. The number of carbonyl (C=O) groups excluding carboxylic acids is 1. The molecular weight excluding hydrogens is 365 g/mol. The van der Waals surface area contributed by atoms with Crippen LogP contribution in [0.25, 0.3) is 0 Å². The average Bonchev–Trinajstić information content (AvgIpc) is 2.46. The van der Waals surface area contributed by atoms with E-state index in [1.54, 1.807) is 18.9 Å². The summed E-state index contributed by atoms with van der Waals surface area (Å²) in [6.45, 7) is 5.77. The maximum atomic E-state index is 11.6. The second kappa shape index (κ2) is 8.92. The molecule has 7 heteroatoms. The molecule has 22 heavy (non-hydrogen) atoms. The molecule has 122 valence electrons. The van der Waals surface area contributed by atoms with E-state index in [2.05, 4.69) is 11.9 Å². The lowest BCUT2D eigenvalue weighted by Crippen LogP contribution is -2.41. The Kier molecular flexibility index (Phi) is 7.90. The number of rotatable bonds is 7. The van der Waals surface area contributed by atoms with Crippen LogP contribution in [0.15, 0.2) is 36.4 Å². The molecule has 0 saturated heterocycles. The van der Waals surface area contributed by atoms with Crippen molar-refractivity contribution in [3.05, 3.63) is 42.0 Å². The van der Waals surface area contributed by atoms with Gasteiger partial charge in [0.15, 0.2) is 0 Å². The Morgan fingerprint density at radius 1 is 1.36 bits per heavy atom. The van der Waals surface area contributed by atoms with Crippen LogP contribution in [0.3, 0.4) is 0 Å². The Morgan fingerprint density at radius 2 is 1.95 bits per heavy atom. The highest BCUT2D eigenvalue weighted by atomic mass is 35.6. The van der Waals surface area contributed by atoms with Gasteiger partial charge in [0.2, 0.25) is 0 Å². The first kappa shape index (κ1) is 19.5. The van der Waals surface area contributed by atoms with Gasteiger partial charge in [-0.2, -0.15) is 11.8 Å². The van der Waals surface area contributed by atoms with E-state index in [9.17, 15) is 4.79 Å². The number of thioether (sulfide) groups is 1. The molecule has 3 nitrogen and oxygen atoms in total. The van der Waals surface area contributed by atoms with E-state index in [0.717, 1.165) is 17.1 Å². The first-order valence-electron chi connectivity index (χ1n) is 6.50.